The topological polar surface area (TPSA) is 92.9 Å². The first-order chi connectivity index (χ1) is 14.9. The SMILES string of the molecule is CCN(CC(C)(C)COc1cccc2ccc(-c3nnc4ccccn34)nc12)C(=O)O. The number of rotatable bonds is 7. The molecule has 4 rings (SSSR count). The van der Waals surface area contributed by atoms with E-state index in [4.69, 9.17) is 9.72 Å². The molecule has 0 aliphatic heterocycles. The zero-order valence-electron chi connectivity index (χ0n) is 17.8. The molecule has 0 aliphatic carbocycles. The van der Waals surface area contributed by atoms with Gasteiger partial charge in [0.05, 0.1) is 6.61 Å². The second kappa shape index (κ2) is 8.22. The van der Waals surface area contributed by atoms with Gasteiger partial charge in [0, 0.05) is 30.1 Å². The van der Waals surface area contributed by atoms with Crippen LogP contribution in [0.15, 0.2) is 54.7 Å². The van der Waals surface area contributed by atoms with E-state index in [-0.39, 0.29) is 5.41 Å². The highest BCUT2D eigenvalue weighted by Gasteiger charge is 2.25. The van der Waals surface area contributed by atoms with E-state index >= 15 is 0 Å². The number of carbonyl (C=O) groups is 1. The molecule has 1 N–H and O–H groups in total. The number of carboxylic acid groups (broad SMARTS) is 1. The average molecular weight is 419 g/mol. The number of ether oxygens (including phenoxy) is 1. The molecule has 160 valence electrons. The smallest absolute Gasteiger partial charge is 0.407 e. The molecule has 8 nitrogen and oxygen atoms in total. The van der Waals surface area contributed by atoms with Gasteiger partial charge in [-0.05, 0) is 31.2 Å². The van der Waals surface area contributed by atoms with Gasteiger partial charge in [0.1, 0.15) is 17.0 Å². The fourth-order valence-electron chi connectivity index (χ4n) is 3.53. The van der Waals surface area contributed by atoms with Gasteiger partial charge in [-0.1, -0.05) is 38.1 Å². The first-order valence-corrected chi connectivity index (χ1v) is 10.2. The van der Waals surface area contributed by atoms with E-state index in [0.717, 1.165) is 16.6 Å². The van der Waals surface area contributed by atoms with Crippen LogP contribution in [-0.2, 0) is 0 Å². The first-order valence-electron chi connectivity index (χ1n) is 10.2. The Labute approximate surface area is 180 Å². The van der Waals surface area contributed by atoms with Crippen molar-refractivity contribution < 1.29 is 14.6 Å². The van der Waals surface area contributed by atoms with E-state index in [0.29, 0.717) is 37.0 Å². The molecule has 0 unspecified atom stereocenters. The molecule has 31 heavy (non-hydrogen) atoms. The summed E-state index contributed by atoms with van der Waals surface area (Å²) in [7, 11) is 0. The van der Waals surface area contributed by atoms with Gasteiger partial charge >= 0.3 is 6.09 Å². The molecule has 0 spiro atoms. The van der Waals surface area contributed by atoms with Crippen molar-refractivity contribution in [3.05, 3.63) is 54.7 Å². The predicted octanol–water partition coefficient (Wildman–Crippen LogP) is 4.35. The number of pyridine rings is 2. The quantitative estimate of drug-likeness (QED) is 0.479. The largest absolute Gasteiger partial charge is 0.491 e. The fourth-order valence-corrected chi connectivity index (χ4v) is 3.53. The van der Waals surface area contributed by atoms with Crippen molar-refractivity contribution in [1.29, 1.82) is 0 Å². The summed E-state index contributed by atoms with van der Waals surface area (Å²) < 4.78 is 8.04. The lowest BCUT2D eigenvalue weighted by atomic mass is 9.94. The van der Waals surface area contributed by atoms with Crippen molar-refractivity contribution in [2.45, 2.75) is 20.8 Å². The second-order valence-electron chi connectivity index (χ2n) is 8.23. The number of aromatic nitrogens is 4. The minimum atomic E-state index is -0.924. The average Bonchev–Trinajstić information content (AvgIpc) is 3.20. The van der Waals surface area contributed by atoms with Crippen LogP contribution in [-0.4, -0.2) is 55.4 Å². The molecule has 1 amide bonds. The van der Waals surface area contributed by atoms with Gasteiger partial charge in [-0.15, -0.1) is 10.2 Å². The van der Waals surface area contributed by atoms with Crippen LogP contribution in [0.5, 0.6) is 5.75 Å². The van der Waals surface area contributed by atoms with Gasteiger partial charge in [-0.25, -0.2) is 9.78 Å². The van der Waals surface area contributed by atoms with Crippen molar-refractivity contribution >= 4 is 22.6 Å². The van der Waals surface area contributed by atoms with Crippen LogP contribution in [0.2, 0.25) is 0 Å². The lowest BCUT2D eigenvalue weighted by Gasteiger charge is -2.30. The van der Waals surface area contributed by atoms with Gasteiger partial charge < -0.3 is 14.7 Å². The molecule has 8 heteroatoms. The zero-order chi connectivity index (χ0) is 22.0. The van der Waals surface area contributed by atoms with E-state index in [1.165, 1.54) is 4.90 Å². The van der Waals surface area contributed by atoms with E-state index in [1.54, 1.807) is 0 Å². The Morgan fingerprint density at radius 1 is 1.13 bits per heavy atom. The van der Waals surface area contributed by atoms with Gasteiger partial charge in [0.15, 0.2) is 11.5 Å². The van der Waals surface area contributed by atoms with Gasteiger partial charge in [-0.2, -0.15) is 0 Å². The number of fused-ring (bicyclic) bond motifs is 2. The number of nitrogens with zero attached hydrogens (tertiary/aromatic N) is 5. The maximum Gasteiger partial charge on any atom is 0.407 e. The lowest BCUT2D eigenvalue weighted by molar-refractivity contribution is 0.101. The third kappa shape index (κ3) is 4.28. The summed E-state index contributed by atoms with van der Waals surface area (Å²) in [4.78, 5) is 17.6. The van der Waals surface area contributed by atoms with E-state index in [9.17, 15) is 9.90 Å². The molecule has 4 aromatic rings. The highest BCUT2D eigenvalue weighted by Crippen LogP contribution is 2.29. The number of benzene rings is 1. The van der Waals surface area contributed by atoms with Crippen molar-refractivity contribution in [1.82, 2.24) is 24.5 Å². The Hall–Kier alpha value is -3.68. The Morgan fingerprint density at radius 2 is 1.97 bits per heavy atom. The molecule has 0 bridgehead atoms. The molecule has 0 radical (unpaired) electrons. The number of amides is 1. The Balaban J connectivity index is 1.63. The summed E-state index contributed by atoms with van der Waals surface area (Å²) >= 11 is 0. The zero-order valence-corrected chi connectivity index (χ0v) is 17.8. The Bertz CT molecular complexity index is 1230. The van der Waals surface area contributed by atoms with Crippen LogP contribution in [0, 0.1) is 5.41 Å². The third-order valence-corrected chi connectivity index (χ3v) is 5.12. The fraction of sp³-hybridized carbons (Fsp3) is 0.304. The maximum absolute atomic E-state index is 11.4. The van der Waals surface area contributed by atoms with E-state index < -0.39 is 6.09 Å². The monoisotopic (exact) mass is 419 g/mol. The van der Waals surface area contributed by atoms with Crippen molar-refractivity contribution in [2.24, 2.45) is 5.41 Å². The highest BCUT2D eigenvalue weighted by molar-refractivity contribution is 5.86. The number of para-hydroxylation sites is 1. The van der Waals surface area contributed by atoms with Crippen LogP contribution in [0.4, 0.5) is 4.79 Å². The number of hydrogen-bond acceptors (Lipinski definition) is 5. The lowest BCUT2D eigenvalue weighted by Crippen LogP contribution is -2.40. The van der Waals surface area contributed by atoms with Crippen LogP contribution >= 0.6 is 0 Å². The number of hydrogen-bond donors (Lipinski definition) is 1. The maximum atomic E-state index is 11.4. The summed E-state index contributed by atoms with van der Waals surface area (Å²) in [6.07, 6.45) is 0.983. The van der Waals surface area contributed by atoms with Gasteiger partial charge in [0.2, 0.25) is 0 Å². The summed E-state index contributed by atoms with van der Waals surface area (Å²) in [5, 5.41) is 18.8. The summed E-state index contributed by atoms with van der Waals surface area (Å²) in [5.74, 6) is 1.31. The van der Waals surface area contributed by atoms with E-state index in [1.807, 2.05) is 79.9 Å². The predicted molar refractivity (Wildman–Crippen MR) is 118 cm³/mol. The van der Waals surface area contributed by atoms with Crippen molar-refractivity contribution in [3.8, 4) is 17.3 Å². The standard InChI is InChI=1S/C23H25N5O3/c1-4-27(22(29)30)14-23(2,3)15-31-18-9-7-8-16-11-12-17(24-20(16)18)21-26-25-19-10-5-6-13-28(19)21/h5-13H,4,14-15H2,1-3H3,(H,29,30). The minimum Gasteiger partial charge on any atom is -0.491 e. The van der Waals surface area contributed by atoms with Crippen LogP contribution in [0.3, 0.4) is 0 Å². The molecule has 3 heterocycles. The van der Waals surface area contributed by atoms with E-state index in [2.05, 4.69) is 10.2 Å². The molecule has 3 aromatic heterocycles. The van der Waals surface area contributed by atoms with Crippen LogP contribution < -0.4 is 4.74 Å². The third-order valence-electron chi connectivity index (χ3n) is 5.12. The Morgan fingerprint density at radius 3 is 2.74 bits per heavy atom. The van der Waals surface area contributed by atoms with Crippen LogP contribution in [0.25, 0.3) is 28.1 Å². The van der Waals surface area contributed by atoms with Gasteiger partial charge in [0.25, 0.3) is 0 Å². The minimum absolute atomic E-state index is 0.357. The molecule has 0 fully saturated rings. The molecule has 1 aromatic carbocycles. The molecular weight excluding hydrogens is 394 g/mol. The summed E-state index contributed by atoms with van der Waals surface area (Å²) in [6.45, 7) is 6.99. The molecule has 0 saturated heterocycles. The van der Waals surface area contributed by atoms with Gasteiger partial charge in [-0.3, -0.25) is 4.40 Å². The van der Waals surface area contributed by atoms with Crippen molar-refractivity contribution in [3.63, 3.8) is 0 Å². The second-order valence-corrected chi connectivity index (χ2v) is 8.23. The molecule has 0 atom stereocenters. The summed E-state index contributed by atoms with van der Waals surface area (Å²) in [5.41, 5.74) is 1.82. The van der Waals surface area contributed by atoms with Crippen molar-refractivity contribution in [2.75, 3.05) is 19.7 Å². The Kier molecular flexibility index (Phi) is 5.46. The molecular formula is C23H25N5O3. The first kappa shape index (κ1) is 20.6. The van der Waals surface area contributed by atoms with Crippen LogP contribution in [0.1, 0.15) is 20.8 Å². The summed E-state index contributed by atoms with van der Waals surface area (Å²) in [6, 6.07) is 15.4. The highest BCUT2D eigenvalue weighted by atomic mass is 16.5. The molecule has 0 aliphatic rings. The molecule has 0 saturated carbocycles. The normalized spacial score (nSPS) is 11.7.